The molecule has 5 aromatic rings. The predicted molar refractivity (Wildman–Crippen MR) is 90.0 cm³/mol. The third-order valence-electron chi connectivity index (χ3n) is 3.98. The molecule has 2 aromatic carbocycles. The molecule has 3 aromatic heterocycles. The number of para-hydroxylation sites is 2. The van der Waals surface area contributed by atoms with Crippen molar-refractivity contribution in [1.82, 2.24) is 15.0 Å². The molecule has 0 fully saturated rings. The molecule has 0 N–H and O–H groups in total. The topological polar surface area (TPSA) is 51.8 Å². The molecule has 0 spiro atoms. The van der Waals surface area contributed by atoms with E-state index in [1.807, 2.05) is 60.8 Å². The zero-order chi connectivity index (χ0) is 15.2. The molecule has 4 heteroatoms. The Morgan fingerprint density at radius 2 is 1.61 bits per heavy atom. The summed E-state index contributed by atoms with van der Waals surface area (Å²) in [6.07, 6.45) is 3.57. The van der Waals surface area contributed by atoms with E-state index in [2.05, 4.69) is 15.0 Å². The molecule has 0 radical (unpaired) electrons. The number of nitrogens with zero attached hydrogens (tertiary/aromatic N) is 3. The lowest BCUT2D eigenvalue weighted by Crippen LogP contribution is -1.91. The summed E-state index contributed by atoms with van der Waals surface area (Å²) >= 11 is 0. The smallest absolute Gasteiger partial charge is 0.178 e. The molecular weight excluding hydrogens is 286 g/mol. The molecule has 0 amide bonds. The number of aromatic nitrogens is 3. The van der Waals surface area contributed by atoms with Gasteiger partial charge < -0.3 is 4.42 Å². The third-order valence-corrected chi connectivity index (χ3v) is 3.98. The molecule has 108 valence electrons. The van der Waals surface area contributed by atoms with E-state index < -0.39 is 0 Å². The molecular formula is C19H11N3O. The summed E-state index contributed by atoms with van der Waals surface area (Å²) in [7, 11) is 0. The summed E-state index contributed by atoms with van der Waals surface area (Å²) in [6, 6.07) is 17.9. The van der Waals surface area contributed by atoms with E-state index in [1.165, 1.54) is 0 Å². The highest BCUT2D eigenvalue weighted by Gasteiger charge is 2.10. The van der Waals surface area contributed by atoms with Crippen LogP contribution in [-0.4, -0.2) is 15.0 Å². The van der Waals surface area contributed by atoms with Crippen LogP contribution in [0.5, 0.6) is 0 Å². The van der Waals surface area contributed by atoms with Gasteiger partial charge in [0.1, 0.15) is 11.3 Å². The lowest BCUT2D eigenvalue weighted by Gasteiger charge is -2.01. The SMILES string of the molecule is c1ccc2nc(-c3cc4c(cn3)oc3ccccc34)ncc2c1. The van der Waals surface area contributed by atoms with Gasteiger partial charge in [0, 0.05) is 22.4 Å². The molecule has 23 heavy (non-hydrogen) atoms. The molecule has 0 aliphatic carbocycles. The van der Waals surface area contributed by atoms with E-state index in [1.54, 1.807) is 6.20 Å². The molecule has 0 aliphatic heterocycles. The lowest BCUT2D eigenvalue weighted by molar-refractivity contribution is 0.667. The van der Waals surface area contributed by atoms with E-state index in [0.29, 0.717) is 5.82 Å². The van der Waals surface area contributed by atoms with E-state index in [0.717, 1.165) is 38.5 Å². The zero-order valence-electron chi connectivity index (χ0n) is 12.1. The van der Waals surface area contributed by atoms with Gasteiger partial charge in [-0.2, -0.15) is 0 Å². The quantitative estimate of drug-likeness (QED) is 0.454. The molecule has 0 aliphatic rings. The molecule has 0 unspecified atom stereocenters. The van der Waals surface area contributed by atoms with Gasteiger partial charge in [-0.05, 0) is 18.2 Å². The fourth-order valence-corrected chi connectivity index (χ4v) is 2.85. The standard InChI is InChI=1S/C19H11N3O/c1-3-7-15-12(5-1)10-21-19(22-15)16-9-14-13-6-2-4-8-17(13)23-18(14)11-20-16/h1-11H. The third kappa shape index (κ3) is 1.89. The Bertz CT molecular complexity index is 1180. The first-order chi connectivity index (χ1) is 11.4. The molecule has 4 nitrogen and oxygen atoms in total. The van der Waals surface area contributed by atoms with Gasteiger partial charge in [-0.25, -0.2) is 15.0 Å². The second-order valence-corrected chi connectivity index (χ2v) is 5.42. The Morgan fingerprint density at radius 3 is 2.61 bits per heavy atom. The van der Waals surface area contributed by atoms with Crippen molar-refractivity contribution in [3.8, 4) is 11.5 Å². The van der Waals surface area contributed by atoms with Crippen LogP contribution in [0.1, 0.15) is 0 Å². The minimum absolute atomic E-state index is 0.621. The zero-order valence-corrected chi connectivity index (χ0v) is 12.1. The number of hydrogen-bond donors (Lipinski definition) is 0. The van der Waals surface area contributed by atoms with Crippen molar-refractivity contribution in [1.29, 1.82) is 0 Å². The van der Waals surface area contributed by atoms with Crippen molar-refractivity contribution in [3.05, 3.63) is 67.0 Å². The van der Waals surface area contributed by atoms with Crippen LogP contribution in [0.15, 0.2) is 71.4 Å². The van der Waals surface area contributed by atoms with Crippen molar-refractivity contribution >= 4 is 32.8 Å². The van der Waals surface area contributed by atoms with Gasteiger partial charge in [0.25, 0.3) is 0 Å². The van der Waals surface area contributed by atoms with Gasteiger partial charge in [-0.15, -0.1) is 0 Å². The summed E-state index contributed by atoms with van der Waals surface area (Å²) in [5, 5.41) is 3.13. The summed E-state index contributed by atoms with van der Waals surface area (Å²) in [6.45, 7) is 0. The summed E-state index contributed by atoms with van der Waals surface area (Å²) in [4.78, 5) is 13.5. The Morgan fingerprint density at radius 1 is 0.739 bits per heavy atom. The highest BCUT2D eigenvalue weighted by atomic mass is 16.3. The highest BCUT2D eigenvalue weighted by Crippen LogP contribution is 2.30. The highest BCUT2D eigenvalue weighted by molar-refractivity contribution is 6.05. The minimum Gasteiger partial charge on any atom is -0.454 e. The van der Waals surface area contributed by atoms with Crippen molar-refractivity contribution in [2.75, 3.05) is 0 Å². The molecule has 0 saturated carbocycles. The van der Waals surface area contributed by atoms with Crippen LogP contribution in [0.2, 0.25) is 0 Å². The van der Waals surface area contributed by atoms with Crippen LogP contribution in [0.3, 0.4) is 0 Å². The van der Waals surface area contributed by atoms with Crippen LogP contribution < -0.4 is 0 Å². The average Bonchev–Trinajstić information content (AvgIpc) is 2.99. The first-order valence-electron chi connectivity index (χ1n) is 7.38. The van der Waals surface area contributed by atoms with Crippen molar-refractivity contribution in [2.24, 2.45) is 0 Å². The Labute approximate surface area is 131 Å². The second-order valence-electron chi connectivity index (χ2n) is 5.42. The van der Waals surface area contributed by atoms with Crippen LogP contribution in [0.25, 0.3) is 44.4 Å². The van der Waals surface area contributed by atoms with Crippen LogP contribution in [-0.2, 0) is 0 Å². The number of pyridine rings is 1. The fourth-order valence-electron chi connectivity index (χ4n) is 2.85. The van der Waals surface area contributed by atoms with Crippen molar-refractivity contribution in [3.63, 3.8) is 0 Å². The Kier molecular flexibility index (Phi) is 2.46. The largest absolute Gasteiger partial charge is 0.454 e. The summed E-state index contributed by atoms with van der Waals surface area (Å²) in [5.41, 5.74) is 3.29. The second kappa shape index (κ2) is 4.61. The molecule has 5 rings (SSSR count). The van der Waals surface area contributed by atoms with E-state index >= 15 is 0 Å². The van der Waals surface area contributed by atoms with Gasteiger partial charge in [0.15, 0.2) is 11.4 Å². The van der Waals surface area contributed by atoms with E-state index in [-0.39, 0.29) is 0 Å². The minimum atomic E-state index is 0.621. The lowest BCUT2D eigenvalue weighted by atomic mass is 10.1. The number of furan rings is 1. The number of rotatable bonds is 1. The van der Waals surface area contributed by atoms with E-state index in [9.17, 15) is 0 Å². The first kappa shape index (κ1) is 12.3. The molecule has 0 atom stereocenters. The molecule has 0 saturated heterocycles. The Balaban J connectivity index is 1.76. The average molecular weight is 297 g/mol. The van der Waals surface area contributed by atoms with Crippen LogP contribution >= 0.6 is 0 Å². The van der Waals surface area contributed by atoms with Gasteiger partial charge in [-0.1, -0.05) is 36.4 Å². The maximum absolute atomic E-state index is 5.81. The first-order valence-corrected chi connectivity index (χ1v) is 7.38. The summed E-state index contributed by atoms with van der Waals surface area (Å²) in [5.74, 6) is 0.621. The maximum atomic E-state index is 5.81. The number of hydrogen-bond acceptors (Lipinski definition) is 4. The normalized spacial score (nSPS) is 11.5. The Hall–Kier alpha value is -3.27. The maximum Gasteiger partial charge on any atom is 0.178 e. The molecule has 0 bridgehead atoms. The van der Waals surface area contributed by atoms with Crippen LogP contribution in [0, 0.1) is 0 Å². The number of fused-ring (bicyclic) bond motifs is 4. The van der Waals surface area contributed by atoms with Gasteiger partial charge in [0.2, 0.25) is 0 Å². The summed E-state index contributed by atoms with van der Waals surface area (Å²) < 4.78 is 5.81. The predicted octanol–water partition coefficient (Wildman–Crippen LogP) is 4.59. The van der Waals surface area contributed by atoms with Crippen molar-refractivity contribution in [2.45, 2.75) is 0 Å². The van der Waals surface area contributed by atoms with Gasteiger partial charge in [-0.3, -0.25) is 0 Å². The molecule has 3 heterocycles. The van der Waals surface area contributed by atoms with E-state index in [4.69, 9.17) is 4.42 Å². The number of benzene rings is 2. The van der Waals surface area contributed by atoms with Crippen molar-refractivity contribution < 1.29 is 4.42 Å². The fraction of sp³-hybridized carbons (Fsp3) is 0. The van der Waals surface area contributed by atoms with Crippen LogP contribution in [0.4, 0.5) is 0 Å². The van der Waals surface area contributed by atoms with Gasteiger partial charge >= 0.3 is 0 Å². The monoisotopic (exact) mass is 297 g/mol. The van der Waals surface area contributed by atoms with Gasteiger partial charge in [0.05, 0.1) is 11.7 Å².